The predicted molar refractivity (Wildman–Crippen MR) is 91.7 cm³/mol. The molecule has 2 aromatic rings. The molecule has 0 radical (unpaired) electrons. The van der Waals surface area contributed by atoms with Crippen molar-refractivity contribution in [1.82, 2.24) is 20.0 Å². The number of piperidine rings is 1. The lowest BCUT2D eigenvalue weighted by Crippen LogP contribution is -2.37. The molecule has 0 bridgehead atoms. The van der Waals surface area contributed by atoms with Crippen molar-refractivity contribution in [2.45, 2.75) is 31.1 Å². The molecule has 2 fully saturated rings. The van der Waals surface area contributed by atoms with Crippen molar-refractivity contribution in [1.29, 1.82) is 0 Å². The summed E-state index contributed by atoms with van der Waals surface area (Å²) in [5, 5.41) is 4.15. The molecule has 1 amide bonds. The second-order valence-electron chi connectivity index (χ2n) is 6.72. The zero-order valence-electron chi connectivity index (χ0n) is 14.8. The zero-order chi connectivity index (χ0) is 17.9. The standard InChI is InChI=1S/C18H22N4O4/c1-24-18(23)22-7-3-12(4-8-22)17-20-16(21-26-17)13-2-6-19-15(10-13)14-5-9-25-11-14/h2,6,10,12,14H,3-5,7-9,11H2,1H3. The molecule has 1 unspecified atom stereocenters. The summed E-state index contributed by atoms with van der Waals surface area (Å²) in [6.45, 7) is 2.77. The van der Waals surface area contributed by atoms with Gasteiger partial charge in [0.15, 0.2) is 0 Å². The number of nitrogens with zero attached hydrogens (tertiary/aromatic N) is 4. The molecule has 2 aromatic heterocycles. The molecule has 0 aliphatic carbocycles. The molecule has 138 valence electrons. The normalized spacial score (nSPS) is 21.1. The number of pyridine rings is 1. The van der Waals surface area contributed by atoms with Crippen LogP contribution in [0.5, 0.6) is 0 Å². The molecule has 8 nitrogen and oxygen atoms in total. The van der Waals surface area contributed by atoms with Crippen molar-refractivity contribution in [2.24, 2.45) is 0 Å². The SMILES string of the molecule is COC(=O)N1CCC(c2nc(-c3ccnc(C4CCOC4)c3)no2)CC1. The predicted octanol–water partition coefficient (Wildman–Crippen LogP) is 2.58. The van der Waals surface area contributed by atoms with Crippen molar-refractivity contribution in [3.8, 4) is 11.4 Å². The molecule has 0 spiro atoms. The highest BCUT2D eigenvalue weighted by Crippen LogP contribution is 2.30. The van der Waals surface area contributed by atoms with Gasteiger partial charge in [-0.1, -0.05) is 5.16 Å². The highest BCUT2D eigenvalue weighted by Gasteiger charge is 2.28. The minimum Gasteiger partial charge on any atom is -0.453 e. The minimum atomic E-state index is -0.283. The Morgan fingerprint density at radius 2 is 2.12 bits per heavy atom. The van der Waals surface area contributed by atoms with Crippen LogP contribution < -0.4 is 0 Å². The number of methoxy groups -OCH3 is 1. The van der Waals surface area contributed by atoms with Gasteiger partial charge in [0.1, 0.15) is 0 Å². The summed E-state index contributed by atoms with van der Waals surface area (Å²) in [5.41, 5.74) is 1.92. The molecule has 2 aliphatic heterocycles. The van der Waals surface area contributed by atoms with E-state index < -0.39 is 0 Å². The third-order valence-electron chi connectivity index (χ3n) is 5.11. The number of hydrogen-bond donors (Lipinski definition) is 0. The van der Waals surface area contributed by atoms with E-state index in [1.54, 1.807) is 11.1 Å². The summed E-state index contributed by atoms with van der Waals surface area (Å²) in [7, 11) is 1.40. The first-order valence-corrected chi connectivity index (χ1v) is 8.95. The van der Waals surface area contributed by atoms with Crippen molar-refractivity contribution in [2.75, 3.05) is 33.4 Å². The summed E-state index contributed by atoms with van der Waals surface area (Å²) in [6, 6.07) is 3.92. The number of likely N-dealkylation sites (tertiary alicyclic amines) is 1. The zero-order valence-corrected chi connectivity index (χ0v) is 14.8. The Kier molecular flexibility index (Phi) is 4.83. The van der Waals surface area contributed by atoms with E-state index in [4.69, 9.17) is 14.0 Å². The molecular formula is C18H22N4O4. The van der Waals surface area contributed by atoms with Crippen molar-refractivity contribution in [3.05, 3.63) is 29.9 Å². The number of ether oxygens (including phenoxy) is 2. The third kappa shape index (κ3) is 3.41. The monoisotopic (exact) mass is 358 g/mol. The molecule has 26 heavy (non-hydrogen) atoms. The largest absolute Gasteiger partial charge is 0.453 e. The van der Waals surface area contributed by atoms with Gasteiger partial charge in [0.2, 0.25) is 11.7 Å². The van der Waals surface area contributed by atoms with E-state index in [-0.39, 0.29) is 12.0 Å². The van der Waals surface area contributed by atoms with Gasteiger partial charge < -0.3 is 18.9 Å². The van der Waals surface area contributed by atoms with Crippen molar-refractivity contribution < 1.29 is 18.8 Å². The summed E-state index contributed by atoms with van der Waals surface area (Å²) < 4.78 is 15.7. The Labute approximate surface area is 151 Å². The molecule has 0 aromatic carbocycles. The van der Waals surface area contributed by atoms with E-state index in [1.807, 2.05) is 12.1 Å². The van der Waals surface area contributed by atoms with Gasteiger partial charge in [-0.3, -0.25) is 4.98 Å². The van der Waals surface area contributed by atoms with E-state index in [9.17, 15) is 4.79 Å². The number of rotatable bonds is 3. The van der Waals surface area contributed by atoms with Gasteiger partial charge in [0.05, 0.1) is 13.7 Å². The van der Waals surface area contributed by atoms with Gasteiger partial charge in [-0.05, 0) is 31.4 Å². The van der Waals surface area contributed by atoms with Crippen molar-refractivity contribution >= 4 is 6.09 Å². The molecule has 4 rings (SSSR count). The fraction of sp³-hybridized carbons (Fsp3) is 0.556. The maximum atomic E-state index is 11.6. The fourth-order valence-electron chi connectivity index (χ4n) is 3.53. The smallest absolute Gasteiger partial charge is 0.409 e. The van der Waals surface area contributed by atoms with Gasteiger partial charge in [0.25, 0.3) is 0 Å². The van der Waals surface area contributed by atoms with E-state index in [1.165, 1.54) is 7.11 Å². The summed E-state index contributed by atoms with van der Waals surface area (Å²) in [4.78, 5) is 22.3. The van der Waals surface area contributed by atoms with Crippen LogP contribution in [0.3, 0.4) is 0 Å². The highest BCUT2D eigenvalue weighted by molar-refractivity contribution is 5.67. The first kappa shape index (κ1) is 17.0. The maximum Gasteiger partial charge on any atom is 0.409 e. The lowest BCUT2D eigenvalue weighted by Gasteiger charge is -2.28. The van der Waals surface area contributed by atoms with Crippen LogP contribution in [-0.4, -0.2) is 59.5 Å². The van der Waals surface area contributed by atoms with Crippen LogP contribution in [0, 0.1) is 0 Å². The molecular weight excluding hydrogens is 336 g/mol. The third-order valence-corrected chi connectivity index (χ3v) is 5.11. The van der Waals surface area contributed by atoms with E-state index in [0.717, 1.165) is 37.1 Å². The lowest BCUT2D eigenvalue weighted by molar-refractivity contribution is 0.109. The summed E-state index contributed by atoms with van der Waals surface area (Å²) >= 11 is 0. The number of carbonyl (C=O) groups is 1. The van der Waals surface area contributed by atoms with Gasteiger partial charge in [-0.15, -0.1) is 0 Å². The maximum absolute atomic E-state index is 11.6. The van der Waals surface area contributed by atoms with Gasteiger partial charge in [-0.25, -0.2) is 4.79 Å². The Bertz CT molecular complexity index is 764. The van der Waals surface area contributed by atoms with Crippen molar-refractivity contribution in [3.63, 3.8) is 0 Å². The topological polar surface area (TPSA) is 90.6 Å². The number of aromatic nitrogens is 3. The Balaban J connectivity index is 1.45. The van der Waals surface area contributed by atoms with E-state index >= 15 is 0 Å². The molecule has 8 heteroatoms. The Morgan fingerprint density at radius 3 is 2.85 bits per heavy atom. The number of hydrogen-bond acceptors (Lipinski definition) is 7. The average molecular weight is 358 g/mol. The van der Waals surface area contributed by atoms with E-state index in [2.05, 4.69) is 15.1 Å². The van der Waals surface area contributed by atoms with Crippen LogP contribution in [0.2, 0.25) is 0 Å². The first-order chi connectivity index (χ1) is 12.7. The van der Waals surface area contributed by atoms with Crippen LogP contribution in [0.4, 0.5) is 4.79 Å². The quantitative estimate of drug-likeness (QED) is 0.833. The molecule has 0 saturated carbocycles. The summed E-state index contributed by atoms with van der Waals surface area (Å²) in [5.74, 6) is 1.72. The molecule has 4 heterocycles. The second-order valence-corrected chi connectivity index (χ2v) is 6.72. The Hall–Kier alpha value is -2.48. The fourth-order valence-corrected chi connectivity index (χ4v) is 3.53. The molecule has 2 aliphatic rings. The van der Waals surface area contributed by atoms with Crippen LogP contribution in [0.1, 0.15) is 42.7 Å². The van der Waals surface area contributed by atoms with Crippen LogP contribution >= 0.6 is 0 Å². The Morgan fingerprint density at radius 1 is 1.27 bits per heavy atom. The lowest BCUT2D eigenvalue weighted by atomic mass is 9.97. The molecule has 2 saturated heterocycles. The summed E-state index contributed by atoms with van der Waals surface area (Å²) in [6.07, 6.45) is 4.07. The average Bonchev–Trinajstić information content (AvgIpc) is 3.40. The molecule has 0 N–H and O–H groups in total. The van der Waals surface area contributed by atoms with Gasteiger partial charge in [0, 0.05) is 49.0 Å². The second kappa shape index (κ2) is 7.41. The van der Waals surface area contributed by atoms with Crippen LogP contribution in [-0.2, 0) is 9.47 Å². The number of carbonyl (C=O) groups excluding carboxylic acids is 1. The first-order valence-electron chi connectivity index (χ1n) is 8.95. The van der Waals surface area contributed by atoms with Crippen LogP contribution in [0.15, 0.2) is 22.9 Å². The van der Waals surface area contributed by atoms with E-state index in [0.29, 0.717) is 37.3 Å². The molecule has 1 atom stereocenters. The van der Waals surface area contributed by atoms with Crippen LogP contribution in [0.25, 0.3) is 11.4 Å². The van der Waals surface area contributed by atoms with Gasteiger partial charge in [-0.2, -0.15) is 4.98 Å². The number of amides is 1. The minimum absolute atomic E-state index is 0.168. The van der Waals surface area contributed by atoms with Gasteiger partial charge >= 0.3 is 6.09 Å². The highest BCUT2D eigenvalue weighted by atomic mass is 16.5.